The Morgan fingerprint density at radius 2 is 1.86 bits per heavy atom. The molecule has 1 aromatic heterocycles. The van der Waals surface area contributed by atoms with E-state index >= 15 is 0 Å². The highest BCUT2D eigenvalue weighted by atomic mass is 79.9. The second kappa shape index (κ2) is 7.17. The van der Waals surface area contributed by atoms with E-state index in [4.69, 9.17) is 0 Å². The summed E-state index contributed by atoms with van der Waals surface area (Å²) in [4.78, 5) is 12.4. The first-order chi connectivity index (χ1) is 9.99. The van der Waals surface area contributed by atoms with Gasteiger partial charge in [0.05, 0.1) is 9.77 Å². The third-order valence-electron chi connectivity index (χ3n) is 2.57. The number of halogens is 1. The number of rotatable bonds is 6. The van der Waals surface area contributed by atoms with Gasteiger partial charge in [0, 0.05) is 17.6 Å². The SMILES string of the molecule is O=C(NCCNS(=O)(=O)c1ccc(Br)cc1)c1cccs1. The lowest BCUT2D eigenvalue weighted by Crippen LogP contribution is -2.34. The number of nitrogens with one attached hydrogen (secondary N) is 2. The fraction of sp³-hybridized carbons (Fsp3) is 0.154. The van der Waals surface area contributed by atoms with E-state index in [1.165, 1.54) is 23.5 Å². The van der Waals surface area contributed by atoms with Gasteiger partial charge in [0.1, 0.15) is 0 Å². The van der Waals surface area contributed by atoms with Crippen LogP contribution in [-0.4, -0.2) is 27.4 Å². The van der Waals surface area contributed by atoms with Crippen LogP contribution in [0.25, 0.3) is 0 Å². The van der Waals surface area contributed by atoms with Crippen LogP contribution in [0.15, 0.2) is 51.1 Å². The van der Waals surface area contributed by atoms with Gasteiger partial charge in [-0.3, -0.25) is 4.79 Å². The zero-order chi connectivity index (χ0) is 15.3. The van der Waals surface area contributed by atoms with E-state index in [2.05, 4.69) is 26.0 Å². The molecule has 2 rings (SSSR count). The molecule has 1 aromatic carbocycles. The van der Waals surface area contributed by atoms with E-state index in [-0.39, 0.29) is 23.9 Å². The van der Waals surface area contributed by atoms with Crippen molar-refractivity contribution in [1.82, 2.24) is 10.0 Å². The molecule has 112 valence electrons. The van der Waals surface area contributed by atoms with E-state index in [9.17, 15) is 13.2 Å². The maximum atomic E-state index is 12.0. The topological polar surface area (TPSA) is 75.3 Å². The van der Waals surface area contributed by atoms with Gasteiger partial charge in [-0.15, -0.1) is 11.3 Å². The Morgan fingerprint density at radius 1 is 1.14 bits per heavy atom. The van der Waals surface area contributed by atoms with Gasteiger partial charge in [-0.05, 0) is 35.7 Å². The minimum Gasteiger partial charge on any atom is -0.350 e. The molecule has 0 aliphatic carbocycles. The first-order valence-electron chi connectivity index (χ1n) is 6.06. The van der Waals surface area contributed by atoms with Crippen LogP contribution in [0.1, 0.15) is 9.67 Å². The molecule has 0 aliphatic rings. The quantitative estimate of drug-likeness (QED) is 0.744. The molecule has 0 saturated carbocycles. The molecular weight excluding hydrogens is 376 g/mol. The highest BCUT2D eigenvalue weighted by Crippen LogP contribution is 2.14. The number of hydrogen-bond acceptors (Lipinski definition) is 4. The molecule has 2 aromatic rings. The molecule has 21 heavy (non-hydrogen) atoms. The zero-order valence-corrected chi connectivity index (χ0v) is 14.1. The third-order valence-corrected chi connectivity index (χ3v) is 5.45. The average molecular weight is 389 g/mol. The van der Waals surface area contributed by atoms with Crippen molar-refractivity contribution in [1.29, 1.82) is 0 Å². The van der Waals surface area contributed by atoms with Gasteiger partial charge in [0.15, 0.2) is 0 Å². The Hall–Kier alpha value is -1.22. The first kappa shape index (κ1) is 16.2. The molecule has 5 nitrogen and oxygen atoms in total. The Labute approximate surface area is 135 Å². The summed E-state index contributed by atoms with van der Waals surface area (Å²) in [5.41, 5.74) is 0. The van der Waals surface area contributed by atoms with Gasteiger partial charge in [-0.25, -0.2) is 13.1 Å². The predicted octanol–water partition coefficient (Wildman–Crippen LogP) is 2.22. The van der Waals surface area contributed by atoms with Gasteiger partial charge >= 0.3 is 0 Å². The number of hydrogen-bond donors (Lipinski definition) is 2. The molecule has 0 fully saturated rings. The van der Waals surface area contributed by atoms with E-state index in [1.807, 2.05) is 5.38 Å². The standard InChI is InChI=1S/C13H13BrN2O3S2/c14-10-3-5-11(6-4-10)21(18,19)16-8-7-15-13(17)12-2-1-9-20-12/h1-6,9,16H,7-8H2,(H,15,17). The van der Waals surface area contributed by atoms with Gasteiger partial charge in [0.2, 0.25) is 10.0 Å². The van der Waals surface area contributed by atoms with E-state index < -0.39 is 10.0 Å². The van der Waals surface area contributed by atoms with Crippen molar-refractivity contribution >= 4 is 43.2 Å². The molecule has 1 heterocycles. The van der Waals surface area contributed by atoms with E-state index in [0.717, 1.165) is 4.47 Å². The van der Waals surface area contributed by atoms with Crippen molar-refractivity contribution in [2.75, 3.05) is 13.1 Å². The molecule has 8 heteroatoms. The predicted molar refractivity (Wildman–Crippen MR) is 86.0 cm³/mol. The van der Waals surface area contributed by atoms with Crippen LogP contribution in [0.4, 0.5) is 0 Å². The summed E-state index contributed by atoms with van der Waals surface area (Å²) in [6, 6.07) is 9.84. The molecule has 0 bridgehead atoms. The van der Waals surface area contributed by atoms with Gasteiger partial charge in [0.25, 0.3) is 5.91 Å². The monoisotopic (exact) mass is 388 g/mol. The molecule has 1 amide bonds. The lowest BCUT2D eigenvalue weighted by Gasteiger charge is -2.07. The Kier molecular flexibility index (Phi) is 5.51. The Balaban J connectivity index is 1.82. The molecule has 0 spiro atoms. The molecule has 0 saturated heterocycles. The molecule has 2 N–H and O–H groups in total. The van der Waals surface area contributed by atoms with Crippen LogP contribution in [0.3, 0.4) is 0 Å². The summed E-state index contributed by atoms with van der Waals surface area (Å²) in [7, 11) is -3.55. The number of thiophene rings is 1. The summed E-state index contributed by atoms with van der Waals surface area (Å²) in [5.74, 6) is -0.201. The molecule has 0 unspecified atom stereocenters. The fourth-order valence-electron chi connectivity index (χ4n) is 1.55. The summed E-state index contributed by atoms with van der Waals surface area (Å²) < 4.78 is 27.2. The second-order valence-electron chi connectivity index (χ2n) is 4.08. The van der Waals surface area contributed by atoms with Gasteiger partial charge in [-0.2, -0.15) is 0 Å². The van der Waals surface area contributed by atoms with Gasteiger partial charge in [-0.1, -0.05) is 22.0 Å². The molecule has 0 atom stereocenters. The van der Waals surface area contributed by atoms with E-state index in [0.29, 0.717) is 4.88 Å². The van der Waals surface area contributed by atoms with Crippen molar-refractivity contribution in [3.8, 4) is 0 Å². The summed E-state index contributed by atoms with van der Waals surface area (Å²) in [6.07, 6.45) is 0. The van der Waals surface area contributed by atoms with Crippen LogP contribution in [0.5, 0.6) is 0 Å². The lowest BCUT2D eigenvalue weighted by atomic mass is 10.4. The minimum absolute atomic E-state index is 0.134. The van der Waals surface area contributed by atoms with Crippen molar-refractivity contribution in [2.24, 2.45) is 0 Å². The van der Waals surface area contributed by atoms with Crippen LogP contribution in [0, 0.1) is 0 Å². The number of benzene rings is 1. The van der Waals surface area contributed by atoms with Crippen molar-refractivity contribution in [3.05, 3.63) is 51.1 Å². The Bertz CT molecular complexity index is 698. The smallest absolute Gasteiger partial charge is 0.261 e. The van der Waals surface area contributed by atoms with Crippen molar-refractivity contribution in [3.63, 3.8) is 0 Å². The average Bonchev–Trinajstić information content (AvgIpc) is 2.98. The highest BCUT2D eigenvalue weighted by molar-refractivity contribution is 9.10. The second-order valence-corrected chi connectivity index (χ2v) is 7.72. The van der Waals surface area contributed by atoms with Crippen LogP contribution in [0.2, 0.25) is 0 Å². The zero-order valence-electron chi connectivity index (χ0n) is 10.9. The van der Waals surface area contributed by atoms with Crippen molar-refractivity contribution in [2.45, 2.75) is 4.90 Å². The number of carbonyl (C=O) groups excluding carboxylic acids is 1. The number of sulfonamides is 1. The highest BCUT2D eigenvalue weighted by Gasteiger charge is 2.13. The van der Waals surface area contributed by atoms with E-state index in [1.54, 1.807) is 24.3 Å². The Morgan fingerprint density at radius 3 is 2.48 bits per heavy atom. The maximum Gasteiger partial charge on any atom is 0.261 e. The summed E-state index contributed by atoms with van der Waals surface area (Å²) in [5, 5.41) is 4.47. The van der Waals surface area contributed by atoms with Gasteiger partial charge < -0.3 is 5.32 Å². The number of carbonyl (C=O) groups is 1. The van der Waals surface area contributed by atoms with Crippen LogP contribution >= 0.6 is 27.3 Å². The van der Waals surface area contributed by atoms with Crippen LogP contribution in [-0.2, 0) is 10.0 Å². The summed E-state index contributed by atoms with van der Waals surface area (Å²) in [6.45, 7) is 0.363. The lowest BCUT2D eigenvalue weighted by molar-refractivity contribution is 0.0958. The molecule has 0 aliphatic heterocycles. The first-order valence-corrected chi connectivity index (χ1v) is 9.21. The molecule has 0 radical (unpaired) electrons. The molecular formula is C13H13BrN2O3S2. The fourth-order valence-corrected chi connectivity index (χ4v) is 3.49. The number of amides is 1. The minimum atomic E-state index is -3.55. The third kappa shape index (κ3) is 4.63. The van der Waals surface area contributed by atoms with Crippen molar-refractivity contribution < 1.29 is 13.2 Å². The normalized spacial score (nSPS) is 11.3. The maximum absolute atomic E-state index is 12.0. The largest absolute Gasteiger partial charge is 0.350 e. The summed E-state index contributed by atoms with van der Waals surface area (Å²) >= 11 is 4.59. The van der Waals surface area contributed by atoms with Crippen LogP contribution < -0.4 is 10.0 Å².